The second kappa shape index (κ2) is 6.22. The molecule has 0 atom stereocenters. The van der Waals surface area contributed by atoms with Crippen LogP contribution < -0.4 is 10.2 Å². The highest BCUT2D eigenvalue weighted by molar-refractivity contribution is 5.93. The van der Waals surface area contributed by atoms with Gasteiger partial charge in [0.2, 0.25) is 5.91 Å². The summed E-state index contributed by atoms with van der Waals surface area (Å²) >= 11 is 0. The van der Waals surface area contributed by atoms with E-state index in [0.717, 1.165) is 24.6 Å². The molecular formula is C15H23N3O2. The quantitative estimate of drug-likeness (QED) is 0.921. The molecule has 0 aliphatic carbocycles. The lowest BCUT2D eigenvalue weighted by Crippen LogP contribution is -2.37. The average Bonchev–Trinajstić information content (AvgIpc) is 2.38. The average molecular weight is 277 g/mol. The third-order valence-electron chi connectivity index (χ3n) is 3.06. The largest absolute Gasteiger partial charge is 0.378 e. The Balaban J connectivity index is 2.09. The summed E-state index contributed by atoms with van der Waals surface area (Å²) < 4.78 is 5.35. The van der Waals surface area contributed by atoms with Crippen molar-refractivity contribution >= 4 is 17.4 Å². The molecule has 1 fully saturated rings. The van der Waals surface area contributed by atoms with Gasteiger partial charge in [-0.3, -0.25) is 4.79 Å². The van der Waals surface area contributed by atoms with Crippen molar-refractivity contribution in [3.63, 3.8) is 0 Å². The fourth-order valence-corrected chi connectivity index (χ4v) is 2.20. The molecule has 2 heterocycles. The highest BCUT2D eigenvalue weighted by Gasteiger charge is 2.20. The Morgan fingerprint density at radius 1 is 1.40 bits per heavy atom. The van der Waals surface area contributed by atoms with Crippen LogP contribution in [0.15, 0.2) is 18.3 Å². The molecule has 0 spiro atoms. The SMILES string of the molecule is CC(C)(C)CC(=O)Nc1cccnc1N1CCOCC1. The second-order valence-corrected chi connectivity index (χ2v) is 6.26. The van der Waals surface area contributed by atoms with E-state index in [-0.39, 0.29) is 11.3 Å². The smallest absolute Gasteiger partial charge is 0.224 e. The summed E-state index contributed by atoms with van der Waals surface area (Å²) in [6, 6.07) is 3.75. The zero-order valence-electron chi connectivity index (χ0n) is 12.5. The second-order valence-electron chi connectivity index (χ2n) is 6.26. The fourth-order valence-electron chi connectivity index (χ4n) is 2.20. The van der Waals surface area contributed by atoms with Gasteiger partial charge in [-0.2, -0.15) is 0 Å². The van der Waals surface area contributed by atoms with E-state index in [1.807, 2.05) is 12.1 Å². The topological polar surface area (TPSA) is 54.5 Å². The fraction of sp³-hybridized carbons (Fsp3) is 0.600. The molecule has 5 nitrogen and oxygen atoms in total. The highest BCUT2D eigenvalue weighted by Crippen LogP contribution is 2.25. The van der Waals surface area contributed by atoms with Crippen molar-refractivity contribution in [2.24, 2.45) is 5.41 Å². The number of ether oxygens (including phenoxy) is 1. The lowest BCUT2D eigenvalue weighted by Gasteiger charge is -2.29. The molecule has 1 aliphatic heterocycles. The minimum atomic E-state index is -0.0224. The van der Waals surface area contributed by atoms with E-state index in [1.54, 1.807) is 6.20 Å². The van der Waals surface area contributed by atoms with Crippen molar-refractivity contribution in [1.29, 1.82) is 0 Å². The van der Waals surface area contributed by atoms with Gasteiger partial charge >= 0.3 is 0 Å². The summed E-state index contributed by atoms with van der Waals surface area (Å²) in [6.45, 7) is 9.17. The van der Waals surface area contributed by atoms with Crippen molar-refractivity contribution in [2.75, 3.05) is 36.5 Å². The number of morpholine rings is 1. The van der Waals surface area contributed by atoms with Crippen LogP contribution in [0.1, 0.15) is 27.2 Å². The molecule has 1 aliphatic rings. The summed E-state index contributed by atoms with van der Waals surface area (Å²) in [7, 11) is 0. The van der Waals surface area contributed by atoms with Crippen LogP contribution in [0.2, 0.25) is 0 Å². The van der Waals surface area contributed by atoms with Gasteiger partial charge in [-0.05, 0) is 17.5 Å². The first-order valence-corrected chi connectivity index (χ1v) is 7.03. The predicted octanol–water partition coefficient (Wildman–Crippen LogP) is 2.29. The number of pyridine rings is 1. The number of hydrogen-bond acceptors (Lipinski definition) is 4. The molecule has 1 aromatic rings. The van der Waals surface area contributed by atoms with E-state index in [2.05, 4.69) is 36.0 Å². The van der Waals surface area contributed by atoms with Crippen LogP contribution in [0.25, 0.3) is 0 Å². The predicted molar refractivity (Wildman–Crippen MR) is 80.0 cm³/mol. The Morgan fingerprint density at radius 3 is 2.75 bits per heavy atom. The van der Waals surface area contributed by atoms with Gasteiger partial charge in [-0.1, -0.05) is 20.8 Å². The van der Waals surface area contributed by atoms with Crippen molar-refractivity contribution in [2.45, 2.75) is 27.2 Å². The zero-order chi connectivity index (χ0) is 14.6. The molecule has 5 heteroatoms. The van der Waals surface area contributed by atoms with Gasteiger partial charge < -0.3 is 15.0 Å². The van der Waals surface area contributed by atoms with E-state index < -0.39 is 0 Å². The molecule has 0 aromatic carbocycles. The standard InChI is InChI=1S/C15H23N3O2/c1-15(2,3)11-13(19)17-12-5-4-6-16-14(12)18-7-9-20-10-8-18/h4-6H,7-11H2,1-3H3,(H,17,19). The molecule has 2 rings (SSSR count). The molecule has 110 valence electrons. The number of rotatable bonds is 3. The van der Waals surface area contributed by atoms with Gasteiger partial charge in [0.05, 0.1) is 18.9 Å². The lowest BCUT2D eigenvalue weighted by molar-refractivity contribution is -0.117. The number of carbonyl (C=O) groups is 1. The van der Waals surface area contributed by atoms with Crippen LogP contribution in [0.4, 0.5) is 11.5 Å². The minimum absolute atomic E-state index is 0.0224. The Kier molecular flexibility index (Phi) is 4.60. The molecule has 0 bridgehead atoms. The Hall–Kier alpha value is -1.62. The molecule has 1 saturated heterocycles. The van der Waals surface area contributed by atoms with Crippen LogP contribution in [-0.4, -0.2) is 37.2 Å². The van der Waals surface area contributed by atoms with Crippen LogP contribution >= 0.6 is 0 Å². The molecule has 20 heavy (non-hydrogen) atoms. The lowest BCUT2D eigenvalue weighted by atomic mass is 9.92. The van der Waals surface area contributed by atoms with Gasteiger partial charge in [0.25, 0.3) is 0 Å². The van der Waals surface area contributed by atoms with E-state index in [9.17, 15) is 4.79 Å². The Labute approximate surface area is 120 Å². The molecule has 0 radical (unpaired) electrons. The first-order valence-electron chi connectivity index (χ1n) is 7.03. The Bertz CT molecular complexity index is 462. The number of anilines is 2. The summed E-state index contributed by atoms with van der Waals surface area (Å²) in [4.78, 5) is 18.6. The number of aromatic nitrogens is 1. The number of nitrogens with zero attached hydrogens (tertiary/aromatic N) is 2. The summed E-state index contributed by atoms with van der Waals surface area (Å²) in [5.41, 5.74) is 0.759. The first kappa shape index (κ1) is 14.8. The van der Waals surface area contributed by atoms with Gasteiger partial charge in [-0.15, -0.1) is 0 Å². The van der Waals surface area contributed by atoms with E-state index >= 15 is 0 Å². The monoisotopic (exact) mass is 277 g/mol. The van der Waals surface area contributed by atoms with E-state index in [4.69, 9.17) is 4.74 Å². The van der Waals surface area contributed by atoms with Crippen molar-refractivity contribution in [1.82, 2.24) is 4.98 Å². The molecular weight excluding hydrogens is 254 g/mol. The van der Waals surface area contributed by atoms with Gasteiger partial charge in [0.1, 0.15) is 0 Å². The van der Waals surface area contributed by atoms with Crippen molar-refractivity contribution in [3.8, 4) is 0 Å². The van der Waals surface area contributed by atoms with Crippen LogP contribution in [-0.2, 0) is 9.53 Å². The minimum Gasteiger partial charge on any atom is -0.378 e. The maximum atomic E-state index is 12.1. The zero-order valence-corrected chi connectivity index (χ0v) is 12.5. The summed E-state index contributed by atoms with van der Waals surface area (Å²) in [6.07, 6.45) is 2.24. The molecule has 1 N–H and O–H groups in total. The summed E-state index contributed by atoms with van der Waals surface area (Å²) in [5, 5.41) is 2.98. The third kappa shape index (κ3) is 4.20. The normalized spacial score (nSPS) is 16.1. The molecule has 1 amide bonds. The number of carbonyl (C=O) groups excluding carboxylic acids is 1. The van der Waals surface area contributed by atoms with Crippen molar-refractivity contribution < 1.29 is 9.53 Å². The maximum absolute atomic E-state index is 12.1. The number of hydrogen-bond donors (Lipinski definition) is 1. The van der Waals surface area contributed by atoms with Gasteiger partial charge in [-0.25, -0.2) is 4.98 Å². The maximum Gasteiger partial charge on any atom is 0.224 e. The third-order valence-corrected chi connectivity index (χ3v) is 3.06. The van der Waals surface area contributed by atoms with Gasteiger partial charge in [0.15, 0.2) is 5.82 Å². The number of nitrogens with one attached hydrogen (secondary N) is 1. The van der Waals surface area contributed by atoms with Gasteiger partial charge in [0, 0.05) is 25.7 Å². The molecule has 0 saturated carbocycles. The Morgan fingerprint density at radius 2 is 2.10 bits per heavy atom. The van der Waals surface area contributed by atoms with Crippen LogP contribution in [0.5, 0.6) is 0 Å². The first-order chi connectivity index (χ1) is 9.46. The van der Waals surface area contributed by atoms with Crippen molar-refractivity contribution in [3.05, 3.63) is 18.3 Å². The van der Waals surface area contributed by atoms with E-state index in [0.29, 0.717) is 19.6 Å². The highest BCUT2D eigenvalue weighted by atomic mass is 16.5. The van der Waals surface area contributed by atoms with Crippen LogP contribution in [0, 0.1) is 5.41 Å². The molecule has 1 aromatic heterocycles. The number of amides is 1. The van der Waals surface area contributed by atoms with Crippen LogP contribution in [0.3, 0.4) is 0 Å². The van der Waals surface area contributed by atoms with E-state index in [1.165, 1.54) is 0 Å². The molecule has 0 unspecified atom stereocenters. The summed E-state index contributed by atoms with van der Waals surface area (Å²) in [5.74, 6) is 0.859.